The Balaban J connectivity index is 1.22. The van der Waals surface area contributed by atoms with E-state index in [1.807, 2.05) is 79.1 Å². The lowest BCUT2D eigenvalue weighted by atomic mass is 10.0. The molecule has 0 bridgehead atoms. The summed E-state index contributed by atoms with van der Waals surface area (Å²) in [7, 11) is 0. The van der Waals surface area contributed by atoms with E-state index in [1.54, 1.807) is 24.3 Å². The second-order valence-electron chi connectivity index (χ2n) is 11.9. The van der Waals surface area contributed by atoms with Crippen molar-refractivity contribution < 1.29 is 23.4 Å². The quantitative estimate of drug-likeness (QED) is 0.190. The molecule has 1 aliphatic rings. The fraction of sp³-hybridized carbons (Fsp3) is 0.162. The molecule has 4 aromatic carbocycles. The predicted molar refractivity (Wildman–Crippen MR) is 170 cm³/mol. The second-order valence-corrected chi connectivity index (χ2v) is 11.9. The van der Waals surface area contributed by atoms with Crippen molar-refractivity contribution in [1.29, 1.82) is 0 Å². The van der Waals surface area contributed by atoms with Gasteiger partial charge in [0.05, 0.1) is 34.7 Å². The lowest BCUT2D eigenvalue weighted by molar-refractivity contribution is -0.139. The van der Waals surface area contributed by atoms with Crippen LogP contribution in [0.5, 0.6) is 5.75 Å². The summed E-state index contributed by atoms with van der Waals surface area (Å²) in [5.41, 5.74) is 5.13. The van der Waals surface area contributed by atoms with E-state index in [4.69, 9.17) is 9.72 Å². The molecular weight excluding hydrogens is 572 g/mol. The van der Waals surface area contributed by atoms with Crippen LogP contribution in [-0.2, 0) is 17.9 Å². The number of benzene rings is 4. The first-order valence-electron chi connectivity index (χ1n) is 14.6. The first kappa shape index (κ1) is 28.4. The number of carbonyl (C=O) groups is 1. The lowest BCUT2D eigenvalue weighted by Crippen LogP contribution is -2.05. The van der Waals surface area contributed by atoms with Gasteiger partial charge in [0.2, 0.25) is 0 Å². The highest BCUT2D eigenvalue weighted by Crippen LogP contribution is 2.58. The number of carboxylic acids is 1. The van der Waals surface area contributed by atoms with Gasteiger partial charge in [-0.25, -0.2) is 18.7 Å². The maximum Gasteiger partial charge on any atom is 0.311 e. The van der Waals surface area contributed by atoms with Crippen molar-refractivity contribution >= 4 is 34.0 Å². The monoisotopic (exact) mass is 601 g/mol. The minimum atomic E-state index is -0.880. The average molecular weight is 602 g/mol. The van der Waals surface area contributed by atoms with E-state index in [0.29, 0.717) is 33.8 Å². The van der Waals surface area contributed by atoms with Gasteiger partial charge in [0.15, 0.2) is 0 Å². The van der Waals surface area contributed by atoms with Crippen LogP contribution in [0.1, 0.15) is 30.9 Å². The van der Waals surface area contributed by atoms with E-state index < -0.39 is 23.1 Å². The van der Waals surface area contributed by atoms with Crippen LogP contribution < -0.4 is 4.74 Å². The average Bonchev–Trinajstić information content (AvgIpc) is 3.41. The van der Waals surface area contributed by atoms with E-state index in [1.165, 1.54) is 18.2 Å². The van der Waals surface area contributed by atoms with Crippen LogP contribution in [-0.4, -0.2) is 25.6 Å². The Morgan fingerprint density at radius 3 is 2.44 bits per heavy atom. The van der Waals surface area contributed by atoms with Crippen LogP contribution in [0.25, 0.3) is 39.1 Å². The first-order chi connectivity index (χ1) is 21.7. The largest absolute Gasteiger partial charge is 0.487 e. The Labute approximate surface area is 258 Å². The molecular formula is C37H29F2N3O3. The summed E-state index contributed by atoms with van der Waals surface area (Å²) in [6.07, 6.45) is 1.81. The minimum Gasteiger partial charge on any atom is -0.487 e. The van der Waals surface area contributed by atoms with Crippen LogP contribution in [0.2, 0.25) is 0 Å². The molecule has 6 nitrogen and oxygen atoms in total. The molecule has 1 atom stereocenters. The van der Waals surface area contributed by atoms with Gasteiger partial charge in [0, 0.05) is 22.4 Å². The molecule has 1 N–H and O–H groups in total. The van der Waals surface area contributed by atoms with Crippen molar-refractivity contribution in [3.05, 3.63) is 131 Å². The number of imidazole rings is 1. The van der Waals surface area contributed by atoms with Crippen LogP contribution >= 0.6 is 0 Å². The summed E-state index contributed by atoms with van der Waals surface area (Å²) >= 11 is 0. The number of nitrogens with zero attached hydrogens (tertiary/aromatic N) is 3. The summed E-state index contributed by atoms with van der Waals surface area (Å²) in [5.74, 6) is -1.11. The molecule has 2 aromatic heterocycles. The second kappa shape index (κ2) is 11.0. The van der Waals surface area contributed by atoms with Crippen molar-refractivity contribution in [2.75, 3.05) is 0 Å². The Kier molecular flexibility index (Phi) is 6.92. The van der Waals surface area contributed by atoms with Crippen molar-refractivity contribution in [2.24, 2.45) is 11.3 Å². The third-order valence-corrected chi connectivity index (χ3v) is 8.58. The molecule has 1 fully saturated rings. The summed E-state index contributed by atoms with van der Waals surface area (Å²) in [6.45, 7) is 4.23. The molecule has 1 saturated carbocycles. The molecule has 7 rings (SSSR count). The summed E-state index contributed by atoms with van der Waals surface area (Å²) in [4.78, 5) is 21.4. The number of carboxylic acid groups (broad SMARTS) is 1. The highest BCUT2D eigenvalue weighted by molar-refractivity contribution is 5.87. The minimum absolute atomic E-state index is 0.171. The zero-order chi connectivity index (χ0) is 31.3. The predicted octanol–water partition coefficient (Wildman–Crippen LogP) is 8.28. The molecule has 8 heteroatoms. The van der Waals surface area contributed by atoms with Crippen LogP contribution in [0.3, 0.4) is 0 Å². The maximum atomic E-state index is 15.5. The molecule has 0 radical (unpaired) electrons. The summed E-state index contributed by atoms with van der Waals surface area (Å²) < 4.78 is 36.9. The Hall–Kier alpha value is -5.37. The third-order valence-electron chi connectivity index (χ3n) is 8.58. The number of aliphatic carboxylic acids is 1. The molecule has 2 heterocycles. The molecule has 1 unspecified atom stereocenters. The van der Waals surface area contributed by atoms with Crippen LogP contribution in [0, 0.1) is 23.0 Å². The van der Waals surface area contributed by atoms with Gasteiger partial charge in [-0.05, 0) is 65.2 Å². The number of rotatable bonds is 8. The van der Waals surface area contributed by atoms with Crippen LogP contribution in [0.15, 0.2) is 103 Å². The van der Waals surface area contributed by atoms with Gasteiger partial charge in [-0.2, -0.15) is 0 Å². The number of para-hydroxylation sites is 1. The van der Waals surface area contributed by atoms with Gasteiger partial charge in [-0.3, -0.25) is 4.79 Å². The van der Waals surface area contributed by atoms with Gasteiger partial charge in [-0.1, -0.05) is 62.4 Å². The van der Waals surface area contributed by atoms with Gasteiger partial charge in [0.25, 0.3) is 0 Å². The SMILES string of the molecule is CC1(C)C(=Cc2nc3cc(OCc4ccc5ccccc5n4)ccc3n2Cc2ccc(-c3ccc(F)cc3)cc2F)C1C(=O)O. The summed E-state index contributed by atoms with van der Waals surface area (Å²) in [6, 6.07) is 28.3. The molecule has 0 saturated heterocycles. The Morgan fingerprint density at radius 1 is 0.911 bits per heavy atom. The van der Waals surface area contributed by atoms with E-state index in [0.717, 1.165) is 27.7 Å². The van der Waals surface area contributed by atoms with E-state index >= 15 is 4.39 Å². The lowest BCUT2D eigenvalue weighted by Gasteiger charge is -2.11. The number of fused-ring (bicyclic) bond motifs is 2. The fourth-order valence-corrected chi connectivity index (χ4v) is 5.94. The zero-order valence-electron chi connectivity index (χ0n) is 24.7. The standard InChI is InChI=1S/C37H29F2N3O3/c1-37(2)29(35(37)36(43)44)19-34-41-32-18-28(45-21-27-14-11-23-5-3-4-6-31(23)40-27)15-16-33(32)42(34)20-25-8-7-24(17-30(25)39)22-9-12-26(38)13-10-22/h3-19,35H,20-21H2,1-2H3,(H,43,44). The highest BCUT2D eigenvalue weighted by Gasteiger charge is 2.57. The number of aromatic nitrogens is 3. The molecule has 1 aliphatic carbocycles. The van der Waals surface area contributed by atoms with Gasteiger partial charge in [-0.15, -0.1) is 0 Å². The first-order valence-corrected chi connectivity index (χ1v) is 14.6. The van der Waals surface area contributed by atoms with E-state index in [-0.39, 0.29) is 19.0 Å². The van der Waals surface area contributed by atoms with E-state index in [2.05, 4.69) is 4.98 Å². The highest BCUT2D eigenvalue weighted by atomic mass is 19.1. The maximum absolute atomic E-state index is 15.5. The smallest absolute Gasteiger partial charge is 0.311 e. The molecule has 0 spiro atoms. The Bertz CT molecular complexity index is 2130. The van der Waals surface area contributed by atoms with Crippen molar-refractivity contribution in [3.63, 3.8) is 0 Å². The van der Waals surface area contributed by atoms with Crippen LogP contribution in [0.4, 0.5) is 8.78 Å². The normalized spacial score (nSPS) is 16.4. The van der Waals surface area contributed by atoms with E-state index in [9.17, 15) is 14.3 Å². The zero-order valence-corrected chi connectivity index (χ0v) is 24.7. The van der Waals surface area contributed by atoms with Gasteiger partial charge in [0.1, 0.15) is 29.8 Å². The Morgan fingerprint density at radius 2 is 1.69 bits per heavy atom. The molecule has 45 heavy (non-hydrogen) atoms. The molecule has 0 aliphatic heterocycles. The number of halogens is 2. The number of ether oxygens (including phenoxy) is 1. The summed E-state index contributed by atoms with van der Waals surface area (Å²) in [5, 5.41) is 10.8. The van der Waals surface area contributed by atoms with Gasteiger partial charge >= 0.3 is 5.97 Å². The van der Waals surface area contributed by atoms with Gasteiger partial charge < -0.3 is 14.4 Å². The molecule has 224 valence electrons. The third kappa shape index (κ3) is 5.44. The van der Waals surface area contributed by atoms with Crippen molar-refractivity contribution in [1.82, 2.24) is 14.5 Å². The topological polar surface area (TPSA) is 77.2 Å². The van der Waals surface area contributed by atoms with Crippen molar-refractivity contribution in [2.45, 2.75) is 27.0 Å². The molecule has 6 aromatic rings. The number of hydrogen-bond acceptors (Lipinski definition) is 4. The number of pyridine rings is 1. The van der Waals surface area contributed by atoms with Crippen molar-refractivity contribution in [3.8, 4) is 16.9 Å². The fourth-order valence-electron chi connectivity index (χ4n) is 5.94. The number of hydrogen-bond donors (Lipinski definition) is 1. The molecule has 0 amide bonds.